The maximum Gasteiger partial charge on any atom is 0.323 e. The second kappa shape index (κ2) is 6.98. The Balaban J connectivity index is 2.23. The fourth-order valence-corrected chi connectivity index (χ4v) is 1.80. The van der Waals surface area contributed by atoms with Crippen LogP contribution in [0.2, 0.25) is 0 Å². The normalized spacial score (nSPS) is 10.5. The topological polar surface area (TPSA) is 127 Å². The van der Waals surface area contributed by atoms with Crippen LogP contribution >= 0.6 is 0 Å². The summed E-state index contributed by atoms with van der Waals surface area (Å²) in [7, 11) is 1.20. The van der Waals surface area contributed by atoms with Crippen molar-refractivity contribution in [2.24, 2.45) is 5.10 Å². The number of nitrogens with zero attached hydrogens (tertiary/aromatic N) is 3. The number of hydrogen-bond donors (Lipinski definition) is 2. The SMILES string of the molecule is COc1c(O)ccc(/C=N\NC(=O)c2ccncc2)c1[N+](=O)[O-]. The van der Waals surface area contributed by atoms with Crippen LogP contribution in [0.1, 0.15) is 15.9 Å². The molecular formula is C14H12N4O5. The number of aromatic hydroxyl groups is 1. The van der Waals surface area contributed by atoms with Gasteiger partial charge < -0.3 is 9.84 Å². The van der Waals surface area contributed by atoms with Crippen LogP contribution in [0.3, 0.4) is 0 Å². The van der Waals surface area contributed by atoms with Gasteiger partial charge in [0.2, 0.25) is 5.75 Å². The van der Waals surface area contributed by atoms with Gasteiger partial charge in [-0.3, -0.25) is 19.9 Å². The van der Waals surface area contributed by atoms with Crippen molar-refractivity contribution in [2.75, 3.05) is 7.11 Å². The van der Waals surface area contributed by atoms with Crippen molar-refractivity contribution in [2.45, 2.75) is 0 Å². The van der Waals surface area contributed by atoms with Gasteiger partial charge in [-0.05, 0) is 24.3 Å². The number of carbonyl (C=O) groups is 1. The van der Waals surface area contributed by atoms with E-state index in [-0.39, 0.29) is 17.1 Å². The number of phenols is 1. The lowest BCUT2D eigenvalue weighted by Crippen LogP contribution is -2.17. The number of phenolic OH excluding ortho intramolecular Hbond substituents is 1. The predicted octanol–water partition coefficient (Wildman–Crippen LogP) is 1.47. The Kier molecular flexibility index (Phi) is 4.82. The summed E-state index contributed by atoms with van der Waals surface area (Å²) in [6.07, 6.45) is 4.00. The molecule has 1 amide bonds. The molecule has 0 atom stereocenters. The average molecular weight is 316 g/mol. The Morgan fingerprint density at radius 1 is 1.39 bits per heavy atom. The highest BCUT2D eigenvalue weighted by Gasteiger charge is 2.23. The number of rotatable bonds is 5. The molecule has 9 heteroatoms. The summed E-state index contributed by atoms with van der Waals surface area (Å²) in [4.78, 5) is 26.0. The van der Waals surface area contributed by atoms with Crippen LogP contribution in [-0.2, 0) is 0 Å². The van der Waals surface area contributed by atoms with E-state index in [9.17, 15) is 20.0 Å². The van der Waals surface area contributed by atoms with Gasteiger partial charge in [-0.1, -0.05) is 0 Å². The summed E-state index contributed by atoms with van der Waals surface area (Å²) in [6, 6.07) is 5.52. The van der Waals surface area contributed by atoms with E-state index in [1.165, 1.54) is 43.8 Å². The molecular weight excluding hydrogens is 304 g/mol. The van der Waals surface area contributed by atoms with Crippen molar-refractivity contribution in [3.63, 3.8) is 0 Å². The zero-order valence-corrected chi connectivity index (χ0v) is 12.0. The first-order chi connectivity index (χ1) is 11.0. The van der Waals surface area contributed by atoms with Crippen molar-refractivity contribution in [1.29, 1.82) is 0 Å². The van der Waals surface area contributed by atoms with Crippen LogP contribution < -0.4 is 10.2 Å². The molecule has 0 bridgehead atoms. The van der Waals surface area contributed by atoms with Gasteiger partial charge in [-0.25, -0.2) is 5.43 Å². The smallest absolute Gasteiger partial charge is 0.323 e. The minimum absolute atomic E-state index is 0.0691. The molecule has 0 aliphatic carbocycles. The Hall–Kier alpha value is -3.49. The van der Waals surface area contributed by atoms with E-state index in [4.69, 9.17) is 4.74 Å². The van der Waals surface area contributed by atoms with E-state index in [0.717, 1.165) is 6.21 Å². The minimum atomic E-state index is -0.704. The van der Waals surface area contributed by atoms with Gasteiger partial charge >= 0.3 is 5.69 Å². The fraction of sp³-hybridized carbons (Fsp3) is 0.0714. The molecule has 0 unspecified atom stereocenters. The second-order valence-electron chi connectivity index (χ2n) is 4.25. The summed E-state index contributed by atoms with van der Waals surface area (Å²) in [5.41, 5.74) is 2.20. The lowest BCUT2D eigenvalue weighted by atomic mass is 10.1. The molecule has 118 valence electrons. The number of carbonyl (C=O) groups excluding carboxylic acids is 1. The van der Waals surface area contributed by atoms with Gasteiger partial charge in [-0.15, -0.1) is 0 Å². The Labute approximate surface area is 130 Å². The maximum absolute atomic E-state index is 11.8. The monoisotopic (exact) mass is 316 g/mol. The van der Waals surface area contributed by atoms with Gasteiger partial charge in [-0.2, -0.15) is 5.10 Å². The number of benzene rings is 1. The summed E-state index contributed by atoms with van der Waals surface area (Å²) >= 11 is 0. The third-order valence-corrected chi connectivity index (χ3v) is 2.84. The molecule has 2 N–H and O–H groups in total. The Bertz CT molecular complexity index is 761. The lowest BCUT2D eigenvalue weighted by Gasteiger charge is -2.06. The number of ether oxygens (including phenoxy) is 1. The van der Waals surface area contributed by atoms with Gasteiger partial charge in [0.05, 0.1) is 23.8 Å². The van der Waals surface area contributed by atoms with Crippen LogP contribution in [-0.4, -0.2) is 34.2 Å². The molecule has 1 heterocycles. The first-order valence-electron chi connectivity index (χ1n) is 6.32. The molecule has 0 aliphatic rings. The molecule has 0 radical (unpaired) electrons. The zero-order chi connectivity index (χ0) is 16.8. The molecule has 2 rings (SSSR count). The third kappa shape index (κ3) is 3.59. The van der Waals surface area contributed by atoms with E-state index in [2.05, 4.69) is 15.5 Å². The van der Waals surface area contributed by atoms with Crippen LogP contribution in [0.25, 0.3) is 0 Å². The quantitative estimate of drug-likeness (QED) is 0.488. The molecule has 0 aliphatic heterocycles. The molecule has 0 spiro atoms. The first kappa shape index (κ1) is 15.9. The number of pyridine rings is 1. The number of nitrogens with one attached hydrogen (secondary N) is 1. The van der Waals surface area contributed by atoms with Gasteiger partial charge in [0.15, 0.2) is 5.75 Å². The Morgan fingerprint density at radius 3 is 2.70 bits per heavy atom. The summed E-state index contributed by atoms with van der Waals surface area (Å²) < 4.78 is 4.83. The number of aromatic nitrogens is 1. The third-order valence-electron chi connectivity index (χ3n) is 2.84. The van der Waals surface area contributed by atoms with E-state index in [1.54, 1.807) is 0 Å². The molecule has 0 fully saturated rings. The standard InChI is InChI=1S/C14H12N4O5/c1-23-13-11(19)3-2-10(12(13)18(21)22)8-16-17-14(20)9-4-6-15-7-5-9/h2-8,19H,1H3,(H,17,20)/b16-8-. The average Bonchev–Trinajstić information content (AvgIpc) is 2.56. The van der Waals surface area contributed by atoms with Crippen LogP contribution in [0.15, 0.2) is 41.8 Å². The number of amides is 1. The van der Waals surface area contributed by atoms with E-state index in [1.807, 2.05) is 0 Å². The number of nitro groups is 1. The highest BCUT2D eigenvalue weighted by atomic mass is 16.6. The van der Waals surface area contributed by atoms with Crippen molar-refractivity contribution < 1.29 is 19.6 Å². The van der Waals surface area contributed by atoms with E-state index < -0.39 is 16.5 Å². The lowest BCUT2D eigenvalue weighted by molar-refractivity contribution is -0.386. The van der Waals surface area contributed by atoms with Gasteiger partial charge in [0, 0.05) is 18.0 Å². The molecule has 2 aromatic rings. The summed E-state index contributed by atoms with van der Waals surface area (Å²) in [5.74, 6) is -1.13. The summed E-state index contributed by atoms with van der Waals surface area (Å²) in [6.45, 7) is 0. The van der Waals surface area contributed by atoms with Crippen molar-refractivity contribution in [1.82, 2.24) is 10.4 Å². The maximum atomic E-state index is 11.8. The molecule has 9 nitrogen and oxygen atoms in total. The highest BCUT2D eigenvalue weighted by Crippen LogP contribution is 2.37. The largest absolute Gasteiger partial charge is 0.504 e. The number of methoxy groups -OCH3 is 1. The summed E-state index contributed by atoms with van der Waals surface area (Å²) in [5, 5.41) is 24.4. The van der Waals surface area contributed by atoms with Crippen LogP contribution in [0.5, 0.6) is 11.5 Å². The fourth-order valence-electron chi connectivity index (χ4n) is 1.80. The number of nitro benzene ring substituents is 1. The zero-order valence-electron chi connectivity index (χ0n) is 12.0. The molecule has 0 saturated carbocycles. The van der Waals surface area contributed by atoms with E-state index >= 15 is 0 Å². The molecule has 1 aromatic heterocycles. The second-order valence-corrected chi connectivity index (χ2v) is 4.25. The van der Waals surface area contributed by atoms with E-state index in [0.29, 0.717) is 5.56 Å². The predicted molar refractivity (Wildman–Crippen MR) is 80.6 cm³/mol. The minimum Gasteiger partial charge on any atom is -0.504 e. The van der Waals surface area contributed by atoms with Crippen molar-refractivity contribution >= 4 is 17.8 Å². The number of hydrogen-bond acceptors (Lipinski definition) is 7. The molecule has 0 saturated heterocycles. The molecule has 23 heavy (non-hydrogen) atoms. The number of hydrazone groups is 1. The van der Waals surface area contributed by atoms with Gasteiger partial charge in [0.25, 0.3) is 5.91 Å². The van der Waals surface area contributed by atoms with Crippen LogP contribution in [0, 0.1) is 10.1 Å². The van der Waals surface area contributed by atoms with Gasteiger partial charge in [0.1, 0.15) is 0 Å². The Morgan fingerprint density at radius 2 is 2.09 bits per heavy atom. The molecule has 1 aromatic carbocycles. The first-order valence-corrected chi connectivity index (χ1v) is 6.32. The van der Waals surface area contributed by atoms with Crippen molar-refractivity contribution in [3.05, 3.63) is 57.9 Å². The van der Waals surface area contributed by atoms with Crippen LogP contribution in [0.4, 0.5) is 5.69 Å². The highest BCUT2D eigenvalue weighted by molar-refractivity contribution is 5.95. The van der Waals surface area contributed by atoms with Crippen molar-refractivity contribution in [3.8, 4) is 11.5 Å².